The number of ether oxygens (including phenoxy) is 1. The predicted octanol–water partition coefficient (Wildman–Crippen LogP) is 0.623. The number of thiophene rings is 1. The molecule has 0 aliphatic carbocycles. The number of Topliss-reactive ketones (excluding diaryl/α,β-unsaturated/α-hetero) is 1. The molecule has 0 saturated carbocycles. The number of amidine groups is 1. The fraction of sp³-hybridized carbons (Fsp3) is 0.429. The number of hydrogen-bond acceptors (Lipinski definition) is 7. The fourth-order valence-electron chi connectivity index (χ4n) is 2.17. The molecule has 1 aliphatic rings. The van der Waals surface area contributed by atoms with Gasteiger partial charge in [-0.05, 0) is 11.4 Å². The zero-order valence-electron chi connectivity index (χ0n) is 12.9. The number of anilines is 1. The first-order valence-electron chi connectivity index (χ1n) is 7.01. The molecule has 0 spiro atoms. The van der Waals surface area contributed by atoms with E-state index in [1.54, 1.807) is 16.3 Å². The number of esters is 1. The molecule has 0 atom stereocenters. The van der Waals surface area contributed by atoms with E-state index in [-0.39, 0.29) is 11.6 Å². The van der Waals surface area contributed by atoms with Crippen LogP contribution < -0.4 is 5.43 Å². The minimum Gasteiger partial charge on any atom is -0.465 e. The van der Waals surface area contributed by atoms with Gasteiger partial charge >= 0.3 is 5.97 Å². The monoisotopic (exact) mass is 338 g/mol. The first kappa shape index (κ1) is 16.9. The Morgan fingerprint density at radius 1 is 1.35 bits per heavy atom. The summed E-state index contributed by atoms with van der Waals surface area (Å²) >= 11 is 1.23. The first-order valence-corrected chi connectivity index (χ1v) is 7.89. The molecule has 1 aromatic heterocycles. The summed E-state index contributed by atoms with van der Waals surface area (Å²) in [6.45, 7) is 3.59. The van der Waals surface area contributed by atoms with E-state index in [4.69, 9.17) is 4.74 Å². The van der Waals surface area contributed by atoms with Crippen LogP contribution in [0.3, 0.4) is 0 Å². The molecule has 0 aromatic carbocycles. The van der Waals surface area contributed by atoms with E-state index in [2.05, 4.69) is 10.5 Å². The van der Waals surface area contributed by atoms with E-state index in [1.807, 2.05) is 4.90 Å². The minimum atomic E-state index is -0.457. The molecule has 1 N–H and O–H groups in total. The van der Waals surface area contributed by atoms with Crippen molar-refractivity contribution in [2.75, 3.05) is 38.7 Å². The third-order valence-electron chi connectivity index (χ3n) is 3.40. The van der Waals surface area contributed by atoms with Crippen molar-refractivity contribution < 1.29 is 19.1 Å². The van der Waals surface area contributed by atoms with Crippen LogP contribution in [0.5, 0.6) is 0 Å². The summed E-state index contributed by atoms with van der Waals surface area (Å²) in [5.74, 6) is -0.369. The van der Waals surface area contributed by atoms with Crippen molar-refractivity contribution in [3.05, 3.63) is 16.3 Å². The standard InChI is InChI=1S/C14H18N4O4S/c1-10(20)13(18-6-4-17(9-19)5-7-18)16-15-11-3-8-23-12(11)14(21)22-2/h3,8-9,15H,4-7H2,1-2H3/b16-13+. The van der Waals surface area contributed by atoms with Crippen LogP contribution in [0.4, 0.5) is 5.69 Å². The van der Waals surface area contributed by atoms with Crippen LogP contribution in [0.2, 0.25) is 0 Å². The molecule has 1 fully saturated rings. The van der Waals surface area contributed by atoms with Gasteiger partial charge in [-0.2, -0.15) is 5.10 Å². The van der Waals surface area contributed by atoms with E-state index >= 15 is 0 Å². The molecular weight excluding hydrogens is 320 g/mol. The Bertz CT molecular complexity index is 620. The highest BCUT2D eigenvalue weighted by Gasteiger charge is 2.22. The Balaban J connectivity index is 2.11. The Morgan fingerprint density at radius 3 is 2.61 bits per heavy atom. The largest absolute Gasteiger partial charge is 0.465 e. The van der Waals surface area contributed by atoms with Crippen LogP contribution in [-0.2, 0) is 14.3 Å². The van der Waals surface area contributed by atoms with Gasteiger partial charge in [0.2, 0.25) is 6.41 Å². The number of carbonyl (C=O) groups excluding carboxylic acids is 3. The second kappa shape index (κ2) is 7.73. The highest BCUT2D eigenvalue weighted by atomic mass is 32.1. The topological polar surface area (TPSA) is 91.3 Å². The zero-order chi connectivity index (χ0) is 16.8. The molecule has 2 heterocycles. The Labute approximate surface area is 137 Å². The summed E-state index contributed by atoms with van der Waals surface area (Å²) in [7, 11) is 1.31. The van der Waals surface area contributed by atoms with Gasteiger partial charge in [-0.15, -0.1) is 11.3 Å². The number of methoxy groups -OCH3 is 1. The maximum Gasteiger partial charge on any atom is 0.350 e. The number of hydrazone groups is 1. The van der Waals surface area contributed by atoms with Gasteiger partial charge in [-0.3, -0.25) is 15.0 Å². The van der Waals surface area contributed by atoms with Crippen LogP contribution in [0.15, 0.2) is 16.5 Å². The summed E-state index contributed by atoms with van der Waals surface area (Å²) in [6, 6.07) is 1.70. The van der Waals surface area contributed by atoms with E-state index in [0.29, 0.717) is 36.7 Å². The molecule has 1 saturated heterocycles. The smallest absolute Gasteiger partial charge is 0.350 e. The number of hydrogen-bond donors (Lipinski definition) is 1. The zero-order valence-corrected chi connectivity index (χ0v) is 13.8. The van der Waals surface area contributed by atoms with Gasteiger partial charge in [0, 0.05) is 33.1 Å². The molecular formula is C14H18N4O4S. The average molecular weight is 338 g/mol. The average Bonchev–Trinajstić information content (AvgIpc) is 3.03. The number of nitrogens with one attached hydrogen (secondary N) is 1. The van der Waals surface area contributed by atoms with Crippen LogP contribution >= 0.6 is 11.3 Å². The molecule has 2 rings (SSSR count). The summed E-state index contributed by atoms with van der Waals surface area (Å²) < 4.78 is 4.70. The summed E-state index contributed by atoms with van der Waals surface area (Å²) in [4.78, 5) is 38.1. The Hall–Kier alpha value is -2.42. The third kappa shape index (κ3) is 4.07. The van der Waals surface area contributed by atoms with Gasteiger partial charge in [0.15, 0.2) is 11.6 Å². The normalized spacial score (nSPS) is 15.3. The molecule has 23 heavy (non-hydrogen) atoms. The Morgan fingerprint density at radius 2 is 2.04 bits per heavy atom. The summed E-state index contributed by atoms with van der Waals surface area (Å²) in [6.07, 6.45) is 0.800. The number of amides is 1. The molecule has 0 unspecified atom stereocenters. The molecule has 0 bridgehead atoms. The minimum absolute atomic E-state index is 0.188. The first-order chi connectivity index (χ1) is 11.1. The molecule has 1 amide bonds. The van der Waals surface area contributed by atoms with E-state index < -0.39 is 5.97 Å². The van der Waals surface area contributed by atoms with Crippen molar-refractivity contribution in [2.24, 2.45) is 5.10 Å². The molecule has 0 radical (unpaired) electrons. The van der Waals surface area contributed by atoms with Crippen LogP contribution in [0, 0.1) is 0 Å². The summed E-state index contributed by atoms with van der Waals surface area (Å²) in [5.41, 5.74) is 3.26. The maximum absolute atomic E-state index is 11.8. The number of ketones is 1. The number of rotatable bonds is 5. The summed E-state index contributed by atoms with van der Waals surface area (Å²) in [5, 5.41) is 5.89. The molecule has 1 aromatic rings. The SMILES string of the molecule is COC(=O)c1sccc1N/N=C(\C(C)=O)N1CCN(C=O)CC1. The molecule has 124 valence electrons. The van der Waals surface area contributed by atoms with Crippen molar-refractivity contribution in [1.29, 1.82) is 0 Å². The van der Waals surface area contributed by atoms with Gasteiger partial charge in [0.25, 0.3) is 0 Å². The van der Waals surface area contributed by atoms with E-state index in [1.165, 1.54) is 25.4 Å². The van der Waals surface area contributed by atoms with Gasteiger partial charge in [-0.1, -0.05) is 0 Å². The Kier molecular flexibility index (Phi) is 5.69. The second-order valence-electron chi connectivity index (χ2n) is 4.89. The third-order valence-corrected chi connectivity index (χ3v) is 4.29. The highest BCUT2D eigenvalue weighted by molar-refractivity contribution is 7.12. The van der Waals surface area contributed by atoms with Crippen LogP contribution in [0.1, 0.15) is 16.6 Å². The number of piperazine rings is 1. The highest BCUT2D eigenvalue weighted by Crippen LogP contribution is 2.23. The lowest BCUT2D eigenvalue weighted by Crippen LogP contribution is -2.50. The second-order valence-corrected chi connectivity index (χ2v) is 5.80. The van der Waals surface area contributed by atoms with Crippen molar-refractivity contribution in [1.82, 2.24) is 9.80 Å². The van der Waals surface area contributed by atoms with E-state index in [9.17, 15) is 14.4 Å². The molecule has 1 aliphatic heterocycles. The number of carbonyl (C=O) groups is 3. The quantitative estimate of drug-likeness (QED) is 0.278. The van der Waals surface area contributed by atoms with Crippen LogP contribution in [0.25, 0.3) is 0 Å². The van der Waals surface area contributed by atoms with Crippen molar-refractivity contribution in [3.8, 4) is 0 Å². The van der Waals surface area contributed by atoms with Crippen molar-refractivity contribution in [3.63, 3.8) is 0 Å². The molecule has 9 heteroatoms. The number of nitrogens with zero attached hydrogens (tertiary/aromatic N) is 3. The maximum atomic E-state index is 11.8. The van der Waals surface area contributed by atoms with Gasteiger partial charge in [0.1, 0.15) is 4.88 Å². The lowest BCUT2D eigenvalue weighted by Gasteiger charge is -2.33. The van der Waals surface area contributed by atoms with Crippen molar-refractivity contribution in [2.45, 2.75) is 6.92 Å². The fourth-order valence-corrected chi connectivity index (χ4v) is 2.93. The lowest BCUT2D eigenvalue weighted by atomic mass is 10.3. The molecule has 8 nitrogen and oxygen atoms in total. The van der Waals surface area contributed by atoms with Crippen molar-refractivity contribution >= 4 is 41.0 Å². The van der Waals surface area contributed by atoms with Gasteiger partial charge in [0.05, 0.1) is 12.8 Å². The van der Waals surface area contributed by atoms with E-state index in [0.717, 1.165) is 6.41 Å². The predicted molar refractivity (Wildman–Crippen MR) is 86.6 cm³/mol. The van der Waals surface area contributed by atoms with Gasteiger partial charge in [-0.25, -0.2) is 4.79 Å². The van der Waals surface area contributed by atoms with Crippen LogP contribution in [-0.4, -0.2) is 67.1 Å². The van der Waals surface area contributed by atoms with Gasteiger partial charge < -0.3 is 14.5 Å². The lowest BCUT2D eigenvalue weighted by molar-refractivity contribution is -0.119.